The third-order valence-corrected chi connectivity index (χ3v) is 6.87. The van der Waals surface area contributed by atoms with Crippen LogP contribution in [0.1, 0.15) is 44.6 Å². The maximum atomic E-state index is 14.2. The first kappa shape index (κ1) is 29.8. The normalized spacial score (nSPS) is 13.8. The summed E-state index contributed by atoms with van der Waals surface area (Å²) in [7, 11) is 0. The summed E-state index contributed by atoms with van der Waals surface area (Å²) in [5.41, 5.74) is 4.81. The molecule has 2 aromatic heterocycles. The molecule has 0 saturated carbocycles. The standard InChI is InChI=1S/C29H23F6N5O3/c30-17-8-15(9-18(31)12-17)10-23(26-19(2-1-6-37-26)16-3-4-22(32)21(11-16)28(36)42)38-25(41)13-40-24-14-43-7-5-20(24)27(39-40)29(33,34)35/h1-4,6,8-9,11-12,23H,5,7,10,13-14H2,(H2,36,42)(H,38,41)/t23-/m0/s1. The van der Waals surface area contributed by atoms with Crippen molar-refractivity contribution in [2.24, 2.45) is 5.73 Å². The van der Waals surface area contributed by atoms with Crippen LogP contribution >= 0.6 is 0 Å². The molecule has 224 valence electrons. The van der Waals surface area contributed by atoms with E-state index in [1.165, 1.54) is 18.3 Å². The van der Waals surface area contributed by atoms with Gasteiger partial charge in [0.05, 0.1) is 36.2 Å². The summed E-state index contributed by atoms with van der Waals surface area (Å²) in [5.74, 6) is -4.39. The Labute approximate surface area is 240 Å². The molecule has 0 bridgehead atoms. The third kappa shape index (κ3) is 6.53. The van der Waals surface area contributed by atoms with Gasteiger partial charge in [0.25, 0.3) is 5.91 Å². The van der Waals surface area contributed by atoms with E-state index in [1.807, 2.05) is 0 Å². The third-order valence-electron chi connectivity index (χ3n) is 6.87. The number of amides is 2. The van der Waals surface area contributed by atoms with Gasteiger partial charge in [-0.1, -0.05) is 12.1 Å². The fraction of sp³-hybridized carbons (Fsp3) is 0.241. The number of carbonyl (C=O) groups excluding carboxylic acids is 2. The van der Waals surface area contributed by atoms with Gasteiger partial charge in [-0.2, -0.15) is 18.3 Å². The number of carbonyl (C=O) groups is 2. The average Bonchev–Trinajstić information content (AvgIpc) is 3.31. The molecule has 0 spiro atoms. The summed E-state index contributed by atoms with van der Waals surface area (Å²) in [6.45, 7) is -0.723. The molecule has 0 unspecified atom stereocenters. The molecule has 2 aromatic carbocycles. The van der Waals surface area contributed by atoms with Gasteiger partial charge in [-0.15, -0.1) is 0 Å². The highest BCUT2D eigenvalue weighted by Gasteiger charge is 2.40. The number of aromatic nitrogens is 3. The Morgan fingerprint density at radius 1 is 1.07 bits per heavy atom. The van der Waals surface area contributed by atoms with Crippen LogP contribution in [0.2, 0.25) is 0 Å². The zero-order valence-corrected chi connectivity index (χ0v) is 22.2. The van der Waals surface area contributed by atoms with Crippen LogP contribution in [0.5, 0.6) is 0 Å². The first-order valence-electron chi connectivity index (χ1n) is 12.9. The molecule has 14 heteroatoms. The Kier molecular flexibility index (Phi) is 8.22. The number of nitrogens with two attached hydrogens (primary N) is 1. The Bertz CT molecular complexity index is 1680. The van der Waals surface area contributed by atoms with Gasteiger partial charge in [0.2, 0.25) is 5.91 Å². The highest BCUT2D eigenvalue weighted by Crippen LogP contribution is 2.35. The zero-order valence-electron chi connectivity index (χ0n) is 22.2. The average molecular weight is 604 g/mol. The van der Waals surface area contributed by atoms with Crippen molar-refractivity contribution in [1.29, 1.82) is 0 Å². The number of primary amides is 1. The highest BCUT2D eigenvalue weighted by molar-refractivity contribution is 5.94. The fourth-order valence-electron chi connectivity index (χ4n) is 5.04. The lowest BCUT2D eigenvalue weighted by molar-refractivity contribution is -0.142. The molecule has 3 heterocycles. The largest absolute Gasteiger partial charge is 0.435 e. The predicted octanol–water partition coefficient (Wildman–Crippen LogP) is 4.65. The minimum atomic E-state index is -4.74. The molecule has 0 fully saturated rings. The summed E-state index contributed by atoms with van der Waals surface area (Å²) >= 11 is 0. The number of rotatable bonds is 8. The quantitative estimate of drug-likeness (QED) is 0.285. The summed E-state index contributed by atoms with van der Waals surface area (Å²) in [6.07, 6.45) is -3.57. The van der Waals surface area contributed by atoms with E-state index in [0.717, 1.165) is 22.9 Å². The number of alkyl halides is 3. The van der Waals surface area contributed by atoms with Crippen LogP contribution in [0.25, 0.3) is 11.1 Å². The number of pyridine rings is 1. The molecule has 4 aromatic rings. The zero-order chi connectivity index (χ0) is 30.9. The van der Waals surface area contributed by atoms with Crippen LogP contribution in [-0.2, 0) is 41.7 Å². The fourth-order valence-corrected chi connectivity index (χ4v) is 5.04. The predicted molar refractivity (Wildman–Crippen MR) is 140 cm³/mol. The number of halogens is 6. The molecule has 8 nitrogen and oxygen atoms in total. The van der Waals surface area contributed by atoms with Gasteiger partial charge in [0.15, 0.2) is 5.69 Å². The van der Waals surface area contributed by atoms with Crippen LogP contribution < -0.4 is 11.1 Å². The second kappa shape index (κ2) is 11.9. The monoisotopic (exact) mass is 603 g/mol. The van der Waals surface area contributed by atoms with E-state index in [9.17, 15) is 35.9 Å². The van der Waals surface area contributed by atoms with Gasteiger partial charge in [-0.25, -0.2) is 13.2 Å². The number of fused-ring (bicyclic) bond motifs is 1. The first-order valence-corrected chi connectivity index (χ1v) is 12.9. The smallest absolute Gasteiger partial charge is 0.375 e. The topological polar surface area (TPSA) is 112 Å². The molecule has 5 rings (SSSR count). The van der Waals surface area contributed by atoms with E-state index in [1.54, 1.807) is 12.1 Å². The van der Waals surface area contributed by atoms with Gasteiger partial charge in [-0.05, 0) is 54.3 Å². The molecule has 2 amide bonds. The van der Waals surface area contributed by atoms with Crippen molar-refractivity contribution < 1.29 is 40.7 Å². The molecule has 3 N–H and O–H groups in total. The van der Waals surface area contributed by atoms with Crippen molar-refractivity contribution >= 4 is 11.8 Å². The summed E-state index contributed by atoms with van der Waals surface area (Å²) in [5, 5.41) is 6.33. The van der Waals surface area contributed by atoms with Crippen molar-refractivity contribution in [2.75, 3.05) is 6.61 Å². The molecule has 1 aliphatic rings. The number of hydrogen-bond acceptors (Lipinski definition) is 5. The maximum Gasteiger partial charge on any atom is 0.435 e. The van der Waals surface area contributed by atoms with E-state index in [-0.39, 0.29) is 48.6 Å². The molecule has 0 aliphatic carbocycles. The molecular formula is C29H23F6N5O3. The van der Waals surface area contributed by atoms with Gasteiger partial charge in [0, 0.05) is 23.4 Å². The first-order chi connectivity index (χ1) is 20.4. The lowest BCUT2D eigenvalue weighted by atomic mass is 9.94. The summed E-state index contributed by atoms with van der Waals surface area (Å²) in [4.78, 5) is 29.4. The Hall–Kier alpha value is -4.72. The highest BCUT2D eigenvalue weighted by atomic mass is 19.4. The molecule has 0 radical (unpaired) electrons. The van der Waals surface area contributed by atoms with Crippen molar-refractivity contribution in [3.63, 3.8) is 0 Å². The number of ether oxygens (including phenoxy) is 1. The molecular weight excluding hydrogens is 580 g/mol. The minimum absolute atomic E-state index is 0.0260. The minimum Gasteiger partial charge on any atom is -0.375 e. The van der Waals surface area contributed by atoms with E-state index in [2.05, 4.69) is 15.4 Å². The van der Waals surface area contributed by atoms with Gasteiger partial charge in [-0.3, -0.25) is 19.3 Å². The number of benzene rings is 2. The van der Waals surface area contributed by atoms with E-state index < -0.39 is 59.3 Å². The molecule has 0 saturated heterocycles. The van der Waals surface area contributed by atoms with Crippen LogP contribution in [0.15, 0.2) is 54.7 Å². The lowest BCUT2D eigenvalue weighted by Gasteiger charge is -2.22. The molecule has 1 atom stereocenters. The van der Waals surface area contributed by atoms with E-state index >= 15 is 0 Å². The molecule has 43 heavy (non-hydrogen) atoms. The van der Waals surface area contributed by atoms with Gasteiger partial charge >= 0.3 is 6.18 Å². The van der Waals surface area contributed by atoms with Crippen LogP contribution in [-0.4, -0.2) is 33.2 Å². The summed E-state index contributed by atoms with van der Waals surface area (Å²) < 4.78 is 89.4. The van der Waals surface area contributed by atoms with Crippen molar-refractivity contribution in [2.45, 2.75) is 38.2 Å². The molecule has 1 aliphatic heterocycles. The van der Waals surface area contributed by atoms with E-state index in [4.69, 9.17) is 10.5 Å². The van der Waals surface area contributed by atoms with Crippen LogP contribution in [0.3, 0.4) is 0 Å². The van der Waals surface area contributed by atoms with Crippen molar-refractivity contribution in [3.8, 4) is 11.1 Å². The maximum absolute atomic E-state index is 14.2. The Balaban J connectivity index is 1.52. The number of hydrogen-bond donors (Lipinski definition) is 2. The van der Waals surface area contributed by atoms with Gasteiger partial charge < -0.3 is 15.8 Å². The van der Waals surface area contributed by atoms with Crippen LogP contribution in [0.4, 0.5) is 26.3 Å². The Morgan fingerprint density at radius 2 is 1.81 bits per heavy atom. The second-order valence-corrected chi connectivity index (χ2v) is 9.83. The second-order valence-electron chi connectivity index (χ2n) is 9.83. The SMILES string of the molecule is NC(=O)c1cc(-c2cccnc2[C@H](Cc2cc(F)cc(F)c2)NC(=O)Cn2nc(C(F)(F)F)c3c2COCC3)ccc1F. The number of nitrogens with zero attached hydrogens (tertiary/aromatic N) is 3. The van der Waals surface area contributed by atoms with Gasteiger partial charge in [0.1, 0.15) is 24.0 Å². The lowest BCUT2D eigenvalue weighted by Crippen LogP contribution is -2.34. The van der Waals surface area contributed by atoms with Crippen molar-refractivity contribution in [1.82, 2.24) is 20.1 Å². The summed E-state index contributed by atoms with van der Waals surface area (Å²) in [6, 6.07) is 8.42. The number of nitrogens with one attached hydrogen (secondary N) is 1. The van der Waals surface area contributed by atoms with Crippen molar-refractivity contribution in [3.05, 3.63) is 106 Å². The Morgan fingerprint density at radius 3 is 2.51 bits per heavy atom. The van der Waals surface area contributed by atoms with Crippen LogP contribution in [0, 0.1) is 17.5 Å². The van der Waals surface area contributed by atoms with E-state index in [0.29, 0.717) is 17.2 Å².